The van der Waals surface area contributed by atoms with E-state index >= 15 is 0 Å². The molecular weight excluding hydrogens is 281 g/mol. The van der Waals surface area contributed by atoms with E-state index in [-0.39, 0.29) is 16.6 Å². The summed E-state index contributed by atoms with van der Waals surface area (Å²) in [4.78, 5) is 0. The minimum Gasteiger partial charge on any atom is -0.265 e. The van der Waals surface area contributed by atoms with Crippen LogP contribution in [0.2, 0.25) is 0 Å². The largest absolute Gasteiger partial charge is 0.265 e. The lowest BCUT2D eigenvalue weighted by Crippen LogP contribution is -2.13. The van der Waals surface area contributed by atoms with Gasteiger partial charge < -0.3 is 0 Å². The van der Waals surface area contributed by atoms with Crippen molar-refractivity contribution in [2.75, 3.05) is 11.0 Å². The number of nitrogens with one attached hydrogen (secondary N) is 1. The summed E-state index contributed by atoms with van der Waals surface area (Å²) in [6, 6.07) is 3.06. The summed E-state index contributed by atoms with van der Waals surface area (Å²) in [5.74, 6) is -0.471. The van der Waals surface area contributed by atoms with Crippen molar-refractivity contribution in [3.05, 3.63) is 23.5 Å². The fourth-order valence-electron chi connectivity index (χ4n) is 2.23. The van der Waals surface area contributed by atoms with Crippen LogP contribution < -0.4 is 4.72 Å². The van der Waals surface area contributed by atoms with Crippen molar-refractivity contribution in [2.24, 2.45) is 7.05 Å². The van der Waals surface area contributed by atoms with Crippen molar-refractivity contribution >= 4 is 26.7 Å². The molecule has 0 amide bonds. The second kappa shape index (κ2) is 4.44. The van der Waals surface area contributed by atoms with E-state index in [0.717, 1.165) is 11.8 Å². The molecule has 7 heteroatoms. The lowest BCUT2D eigenvalue weighted by molar-refractivity contribution is 0.586. The maximum atomic E-state index is 14.1. The van der Waals surface area contributed by atoms with Gasteiger partial charge in [0.25, 0.3) is 0 Å². The van der Waals surface area contributed by atoms with Gasteiger partial charge in [-0.3, -0.25) is 9.40 Å². The first kappa shape index (κ1) is 14.8. The first-order chi connectivity index (χ1) is 9.00. The van der Waals surface area contributed by atoms with Gasteiger partial charge >= 0.3 is 0 Å². The average Bonchev–Trinajstić information content (AvgIpc) is 2.53. The zero-order valence-corrected chi connectivity index (χ0v) is 13.0. The Bertz CT molecular complexity index is 773. The van der Waals surface area contributed by atoms with Crippen LogP contribution in [0.1, 0.15) is 26.3 Å². The van der Waals surface area contributed by atoms with Gasteiger partial charge in [-0.15, -0.1) is 0 Å². The van der Waals surface area contributed by atoms with Gasteiger partial charge in [0.05, 0.1) is 17.2 Å². The molecule has 0 bridgehead atoms. The average molecular weight is 299 g/mol. The predicted octanol–water partition coefficient (Wildman–Crippen LogP) is 2.38. The van der Waals surface area contributed by atoms with Crippen molar-refractivity contribution in [3.8, 4) is 0 Å². The van der Waals surface area contributed by atoms with E-state index < -0.39 is 15.8 Å². The van der Waals surface area contributed by atoms with Gasteiger partial charge in [-0.2, -0.15) is 5.10 Å². The fraction of sp³-hybridized carbons (Fsp3) is 0.462. The van der Waals surface area contributed by atoms with Gasteiger partial charge in [-0.25, -0.2) is 12.8 Å². The summed E-state index contributed by atoms with van der Waals surface area (Å²) in [7, 11) is -1.84. The van der Waals surface area contributed by atoms with E-state index in [4.69, 9.17) is 0 Å². The van der Waals surface area contributed by atoms with E-state index in [2.05, 4.69) is 9.82 Å². The molecule has 1 aromatic carbocycles. The van der Waals surface area contributed by atoms with Gasteiger partial charge in [-0.05, 0) is 17.0 Å². The second-order valence-corrected chi connectivity index (χ2v) is 7.66. The maximum Gasteiger partial charge on any atom is 0.231 e. The lowest BCUT2D eigenvalue weighted by atomic mass is 9.85. The SMILES string of the molecule is Cn1nc(NS(C)(=O)=O)c2c(F)ccc(C(C)(C)C)c21. The fourth-order valence-corrected chi connectivity index (χ4v) is 2.72. The van der Waals surface area contributed by atoms with E-state index in [9.17, 15) is 12.8 Å². The van der Waals surface area contributed by atoms with Crippen LogP contribution in [0.5, 0.6) is 0 Å². The summed E-state index contributed by atoms with van der Waals surface area (Å²) in [5, 5.41) is 4.30. The number of benzene rings is 1. The normalized spacial score (nSPS) is 12.9. The molecule has 1 heterocycles. The number of aryl methyl sites for hydroxylation is 1. The first-order valence-corrected chi connectivity index (χ1v) is 8.03. The van der Waals surface area contributed by atoms with Gasteiger partial charge in [0, 0.05) is 7.05 Å². The Morgan fingerprint density at radius 1 is 1.30 bits per heavy atom. The van der Waals surface area contributed by atoms with Crippen LogP contribution in [0, 0.1) is 5.82 Å². The van der Waals surface area contributed by atoms with Crippen LogP contribution in [0.15, 0.2) is 12.1 Å². The molecule has 0 aliphatic carbocycles. The molecule has 0 spiro atoms. The Morgan fingerprint density at radius 2 is 1.90 bits per heavy atom. The topological polar surface area (TPSA) is 64.0 Å². The molecule has 0 aliphatic rings. The van der Waals surface area contributed by atoms with E-state index in [1.54, 1.807) is 13.1 Å². The number of sulfonamides is 1. The van der Waals surface area contributed by atoms with Crippen LogP contribution in [-0.2, 0) is 22.5 Å². The Labute approximate surface area is 117 Å². The Hall–Kier alpha value is -1.63. The summed E-state index contributed by atoms with van der Waals surface area (Å²) < 4.78 is 40.6. The number of halogens is 1. The van der Waals surface area contributed by atoms with Crippen LogP contribution in [0.3, 0.4) is 0 Å². The quantitative estimate of drug-likeness (QED) is 0.926. The molecule has 2 aromatic rings. The minimum atomic E-state index is -3.51. The van der Waals surface area contributed by atoms with Gasteiger partial charge in [0.2, 0.25) is 10.0 Å². The molecule has 0 fully saturated rings. The highest BCUT2D eigenvalue weighted by atomic mass is 32.2. The number of hydrogen-bond donors (Lipinski definition) is 1. The number of hydrogen-bond acceptors (Lipinski definition) is 3. The zero-order valence-electron chi connectivity index (χ0n) is 12.2. The molecule has 1 N–H and O–H groups in total. The summed E-state index contributed by atoms with van der Waals surface area (Å²) in [6.07, 6.45) is 1.01. The second-order valence-electron chi connectivity index (χ2n) is 5.91. The molecule has 0 saturated carbocycles. The van der Waals surface area contributed by atoms with Crippen LogP contribution >= 0.6 is 0 Å². The molecule has 2 rings (SSSR count). The Kier molecular flexibility index (Phi) is 3.28. The van der Waals surface area contributed by atoms with Crippen molar-refractivity contribution in [1.82, 2.24) is 9.78 Å². The molecule has 110 valence electrons. The van der Waals surface area contributed by atoms with Crippen LogP contribution in [0.4, 0.5) is 10.2 Å². The van der Waals surface area contributed by atoms with Crippen LogP contribution in [0.25, 0.3) is 10.9 Å². The molecule has 0 atom stereocenters. The van der Waals surface area contributed by atoms with E-state index in [1.165, 1.54) is 10.7 Å². The van der Waals surface area contributed by atoms with Crippen molar-refractivity contribution < 1.29 is 12.8 Å². The number of aromatic nitrogens is 2. The maximum absolute atomic E-state index is 14.1. The lowest BCUT2D eigenvalue weighted by Gasteiger charge is -2.20. The van der Waals surface area contributed by atoms with Gasteiger partial charge in [-0.1, -0.05) is 26.8 Å². The zero-order chi connectivity index (χ0) is 15.3. The van der Waals surface area contributed by atoms with E-state index in [1.807, 2.05) is 20.8 Å². The van der Waals surface area contributed by atoms with Crippen LogP contribution in [-0.4, -0.2) is 24.5 Å². The Morgan fingerprint density at radius 3 is 2.40 bits per heavy atom. The number of fused-ring (bicyclic) bond motifs is 1. The number of rotatable bonds is 2. The van der Waals surface area contributed by atoms with Gasteiger partial charge in [0.15, 0.2) is 5.82 Å². The molecule has 0 saturated heterocycles. The number of nitrogens with zero attached hydrogens (tertiary/aromatic N) is 2. The molecule has 1 aromatic heterocycles. The van der Waals surface area contributed by atoms with E-state index in [0.29, 0.717) is 5.52 Å². The highest BCUT2D eigenvalue weighted by molar-refractivity contribution is 7.92. The standard InChI is InChI=1S/C13H18FN3O2S/c1-13(2,3)8-6-7-9(14)10-11(8)17(4)15-12(10)16-20(5,18)19/h6-7H,1-5H3,(H,15,16). The molecular formula is C13H18FN3O2S. The molecule has 0 radical (unpaired) electrons. The van der Waals surface area contributed by atoms with Crippen molar-refractivity contribution in [1.29, 1.82) is 0 Å². The highest BCUT2D eigenvalue weighted by Gasteiger charge is 2.24. The predicted molar refractivity (Wildman–Crippen MR) is 77.8 cm³/mol. The molecule has 0 unspecified atom stereocenters. The monoisotopic (exact) mass is 299 g/mol. The molecule has 0 aliphatic heterocycles. The highest BCUT2D eigenvalue weighted by Crippen LogP contribution is 2.34. The third-order valence-corrected chi connectivity index (χ3v) is 3.59. The first-order valence-electron chi connectivity index (χ1n) is 6.14. The summed E-state index contributed by atoms with van der Waals surface area (Å²) in [6.45, 7) is 6.03. The third kappa shape index (κ3) is 2.63. The smallest absolute Gasteiger partial charge is 0.231 e. The summed E-state index contributed by atoms with van der Waals surface area (Å²) in [5.41, 5.74) is 1.30. The summed E-state index contributed by atoms with van der Waals surface area (Å²) >= 11 is 0. The number of anilines is 1. The van der Waals surface area contributed by atoms with Crippen molar-refractivity contribution in [3.63, 3.8) is 0 Å². The van der Waals surface area contributed by atoms with Gasteiger partial charge in [0.1, 0.15) is 5.82 Å². The minimum absolute atomic E-state index is 0.0219. The third-order valence-electron chi connectivity index (χ3n) is 3.03. The molecule has 20 heavy (non-hydrogen) atoms. The van der Waals surface area contributed by atoms with Crippen molar-refractivity contribution in [2.45, 2.75) is 26.2 Å². The Balaban J connectivity index is 2.83. The molecule has 5 nitrogen and oxygen atoms in total.